The summed E-state index contributed by atoms with van der Waals surface area (Å²) in [5.74, 6) is -0.493. The molecule has 1 saturated heterocycles. The highest BCUT2D eigenvalue weighted by atomic mass is 32.2. The lowest BCUT2D eigenvalue weighted by Crippen LogP contribution is -2.50. The number of ether oxygens (including phenoxy) is 1. The molecule has 0 aliphatic carbocycles. The molecule has 1 fully saturated rings. The van der Waals surface area contributed by atoms with E-state index in [9.17, 15) is 13.2 Å². The van der Waals surface area contributed by atoms with Crippen LogP contribution in [-0.4, -0.2) is 50.0 Å². The molecule has 1 atom stereocenters. The van der Waals surface area contributed by atoms with Crippen LogP contribution in [0.25, 0.3) is 0 Å². The normalized spacial score (nSPS) is 18.0. The van der Waals surface area contributed by atoms with Crippen molar-refractivity contribution in [1.82, 2.24) is 9.03 Å². The van der Waals surface area contributed by atoms with Gasteiger partial charge >= 0.3 is 5.97 Å². The summed E-state index contributed by atoms with van der Waals surface area (Å²) in [6.07, 6.45) is 1.21. The van der Waals surface area contributed by atoms with E-state index in [2.05, 4.69) is 4.72 Å². The largest absolute Gasteiger partial charge is 0.496 e. The number of aliphatic carboxylic acids is 1. The van der Waals surface area contributed by atoms with Crippen LogP contribution in [0.2, 0.25) is 0 Å². The van der Waals surface area contributed by atoms with Crippen LogP contribution in [0.5, 0.6) is 5.75 Å². The van der Waals surface area contributed by atoms with Crippen molar-refractivity contribution >= 4 is 16.2 Å². The van der Waals surface area contributed by atoms with Crippen molar-refractivity contribution in [3.8, 4) is 5.75 Å². The Balaban J connectivity index is 2.08. The van der Waals surface area contributed by atoms with E-state index in [1.807, 2.05) is 38.1 Å². The van der Waals surface area contributed by atoms with Crippen LogP contribution >= 0.6 is 0 Å². The van der Waals surface area contributed by atoms with Gasteiger partial charge in [-0.2, -0.15) is 17.4 Å². The van der Waals surface area contributed by atoms with Gasteiger partial charge in [0.05, 0.1) is 13.0 Å². The van der Waals surface area contributed by atoms with Crippen LogP contribution in [0.3, 0.4) is 0 Å². The predicted molar refractivity (Wildman–Crippen MR) is 99.3 cm³/mol. The minimum absolute atomic E-state index is 0.0891. The fourth-order valence-electron chi connectivity index (χ4n) is 3.13. The van der Waals surface area contributed by atoms with Gasteiger partial charge in [0.15, 0.2) is 0 Å². The second kappa shape index (κ2) is 8.83. The zero-order valence-corrected chi connectivity index (χ0v) is 16.3. The molecule has 0 bridgehead atoms. The first kappa shape index (κ1) is 20.7. The molecule has 1 heterocycles. The van der Waals surface area contributed by atoms with E-state index in [0.717, 1.165) is 11.3 Å². The quantitative estimate of drug-likeness (QED) is 0.714. The first-order valence-corrected chi connectivity index (χ1v) is 10.3. The Morgan fingerprint density at radius 1 is 1.31 bits per heavy atom. The van der Waals surface area contributed by atoms with Crippen molar-refractivity contribution in [3.05, 3.63) is 29.8 Å². The Morgan fingerprint density at radius 2 is 1.92 bits per heavy atom. The highest BCUT2D eigenvalue weighted by molar-refractivity contribution is 7.87. The Morgan fingerprint density at radius 3 is 2.46 bits per heavy atom. The molecule has 146 valence electrons. The van der Waals surface area contributed by atoms with Crippen molar-refractivity contribution in [2.45, 2.75) is 39.2 Å². The standard InChI is InChI=1S/C18H28N2O5S/c1-13(2)16(12-15-6-4-5-7-17(15)25-3)19-26(23,24)20-10-8-14(9-11-20)18(21)22/h4-7,13-14,16,19H,8-12H2,1-3H3,(H,21,22). The van der Waals surface area contributed by atoms with Crippen molar-refractivity contribution < 1.29 is 23.1 Å². The van der Waals surface area contributed by atoms with Crippen molar-refractivity contribution in [3.63, 3.8) is 0 Å². The zero-order valence-electron chi connectivity index (χ0n) is 15.5. The summed E-state index contributed by atoms with van der Waals surface area (Å²) in [7, 11) is -2.07. The lowest BCUT2D eigenvalue weighted by atomic mass is 9.97. The molecule has 1 aliphatic heterocycles. The number of piperidine rings is 1. The molecule has 7 nitrogen and oxygen atoms in total. The maximum Gasteiger partial charge on any atom is 0.306 e. The topological polar surface area (TPSA) is 95.9 Å². The highest BCUT2D eigenvalue weighted by Crippen LogP contribution is 2.23. The van der Waals surface area contributed by atoms with Crippen LogP contribution < -0.4 is 9.46 Å². The van der Waals surface area contributed by atoms with E-state index in [4.69, 9.17) is 9.84 Å². The fraction of sp³-hybridized carbons (Fsp3) is 0.611. The molecule has 0 aromatic heterocycles. The van der Waals surface area contributed by atoms with Gasteiger partial charge in [-0.05, 0) is 36.8 Å². The van der Waals surface area contributed by atoms with Gasteiger partial charge in [-0.15, -0.1) is 0 Å². The molecule has 1 unspecified atom stereocenters. The number of hydrogen-bond donors (Lipinski definition) is 2. The van der Waals surface area contributed by atoms with Crippen LogP contribution in [0.4, 0.5) is 0 Å². The summed E-state index contributed by atoms with van der Waals surface area (Å²) in [6.45, 7) is 4.40. The third kappa shape index (κ3) is 5.18. The predicted octanol–water partition coefficient (Wildman–Crippen LogP) is 1.89. The number of carbonyl (C=O) groups is 1. The van der Waals surface area contributed by atoms with Crippen LogP contribution in [0, 0.1) is 11.8 Å². The third-order valence-corrected chi connectivity index (χ3v) is 6.53. The van der Waals surface area contributed by atoms with Gasteiger partial charge in [0.2, 0.25) is 0 Å². The van der Waals surface area contributed by atoms with Gasteiger partial charge in [0.1, 0.15) is 5.75 Å². The van der Waals surface area contributed by atoms with E-state index in [1.165, 1.54) is 4.31 Å². The molecule has 8 heteroatoms. The minimum Gasteiger partial charge on any atom is -0.496 e. The van der Waals surface area contributed by atoms with Gasteiger partial charge in [-0.25, -0.2) is 0 Å². The van der Waals surface area contributed by atoms with Crippen molar-refractivity contribution in [1.29, 1.82) is 0 Å². The number of carboxylic acid groups (broad SMARTS) is 1. The Bertz CT molecular complexity index is 712. The summed E-state index contributed by atoms with van der Waals surface area (Å²) in [5, 5.41) is 9.06. The summed E-state index contributed by atoms with van der Waals surface area (Å²) >= 11 is 0. The van der Waals surface area contributed by atoms with E-state index in [-0.39, 0.29) is 25.0 Å². The summed E-state index contributed by atoms with van der Waals surface area (Å²) in [4.78, 5) is 11.0. The SMILES string of the molecule is COc1ccccc1CC(NS(=O)(=O)N1CCC(C(=O)O)CC1)C(C)C. The van der Waals surface area contributed by atoms with Crippen LogP contribution in [0.15, 0.2) is 24.3 Å². The molecule has 1 aliphatic rings. The average molecular weight is 384 g/mol. The Hall–Kier alpha value is -1.64. The number of para-hydroxylation sites is 1. The van der Waals surface area contributed by atoms with Gasteiger partial charge in [-0.3, -0.25) is 4.79 Å². The van der Waals surface area contributed by atoms with E-state index in [0.29, 0.717) is 19.3 Å². The fourth-order valence-corrected chi connectivity index (χ4v) is 4.71. The first-order chi connectivity index (χ1) is 12.2. The minimum atomic E-state index is -3.67. The second-order valence-corrected chi connectivity index (χ2v) is 8.70. The Labute approximate surface area is 155 Å². The van der Waals surface area contributed by atoms with Crippen molar-refractivity contribution in [2.24, 2.45) is 11.8 Å². The van der Waals surface area contributed by atoms with E-state index < -0.39 is 22.1 Å². The summed E-state index contributed by atoms with van der Waals surface area (Å²) in [5.41, 5.74) is 0.945. The summed E-state index contributed by atoms with van der Waals surface area (Å²) < 4.78 is 35.0. The number of methoxy groups -OCH3 is 1. The summed E-state index contributed by atoms with van der Waals surface area (Å²) in [6, 6.07) is 7.29. The second-order valence-electron chi connectivity index (χ2n) is 7.00. The van der Waals surface area contributed by atoms with E-state index in [1.54, 1.807) is 7.11 Å². The molecular formula is C18H28N2O5S. The number of carboxylic acids is 1. The molecule has 0 saturated carbocycles. The molecule has 1 aromatic carbocycles. The lowest BCUT2D eigenvalue weighted by molar-refractivity contribution is -0.142. The average Bonchev–Trinajstić information content (AvgIpc) is 2.61. The third-order valence-electron chi connectivity index (χ3n) is 4.88. The number of hydrogen-bond acceptors (Lipinski definition) is 4. The Kier molecular flexibility index (Phi) is 7.02. The van der Waals surface area contributed by atoms with Gasteiger partial charge in [0.25, 0.3) is 10.2 Å². The molecule has 2 rings (SSSR count). The molecular weight excluding hydrogens is 356 g/mol. The maximum absolute atomic E-state index is 12.8. The van der Waals surface area contributed by atoms with Crippen LogP contribution in [0.1, 0.15) is 32.3 Å². The van der Waals surface area contributed by atoms with Gasteiger partial charge in [-0.1, -0.05) is 32.0 Å². The molecule has 2 N–H and O–H groups in total. The number of nitrogens with zero attached hydrogens (tertiary/aromatic N) is 1. The van der Waals surface area contributed by atoms with Crippen LogP contribution in [-0.2, 0) is 21.4 Å². The molecule has 0 radical (unpaired) electrons. The zero-order chi connectivity index (χ0) is 19.3. The monoisotopic (exact) mass is 384 g/mol. The highest BCUT2D eigenvalue weighted by Gasteiger charge is 2.33. The number of benzene rings is 1. The molecule has 26 heavy (non-hydrogen) atoms. The van der Waals surface area contributed by atoms with Crippen molar-refractivity contribution in [2.75, 3.05) is 20.2 Å². The lowest BCUT2D eigenvalue weighted by Gasteiger charge is -2.32. The molecule has 1 aromatic rings. The van der Waals surface area contributed by atoms with Gasteiger partial charge in [0, 0.05) is 19.1 Å². The number of nitrogens with one attached hydrogen (secondary N) is 1. The maximum atomic E-state index is 12.8. The van der Waals surface area contributed by atoms with Gasteiger partial charge < -0.3 is 9.84 Å². The smallest absolute Gasteiger partial charge is 0.306 e. The molecule has 0 amide bonds. The number of rotatable bonds is 8. The first-order valence-electron chi connectivity index (χ1n) is 8.86. The molecule has 0 spiro atoms. The van der Waals surface area contributed by atoms with E-state index >= 15 is 0 Å².